The van der Waals surface area contributed by atoms with Crippen LogP contribution in [0.15, 0.2) is 24.3 Å². The third-order valence-corrected chi connectivity index (χ3v) is 3.88. The van der Waals surface area contributed by atoms with Gasteiger partial charge in [0.15, 0.2) is 0 Å². The Morgan fingerprint density at radius 2 is 2.15 bits per heavy atom. The van der Waals surface area contributed by atoms with E-state index in [0.717, 1.165) is 37.2 Å². The van der Waals surface area contributed by atoms with E-state index >= 15 is 0 Å². The molecule has 0 aliphatic heterocycles. The van der Waals surface area contributed by atoms with Gasteiger partial charge in [0, 0.05) is 13.1 Å². The average Bonchev–Trinajstić information content (AvgIpc) is 2.37. The third-order valence-electron chi connectivity index (χ3n) is 3.66. The summed E-state index contributed by atoms with van der Waals surface area (Å²) in [6.07, 6.45) is 1.77. The molecule has 20 heavy (non-hydrogen) atoms. The molecule has 0 saturated heterocycles. The summed E-state index contributed by atoms with van der Waals surface area (Å²) >= 11 is 5.01. The molecule has 1 aliphatic carbocycles. The molecule has 0 radical (unpaired) electrons. The van der Waals surface area contributed by atoms with Crippen molar-refractivity contribution in [3.8, 4) is 5.75 Å². The first-order valence-electron chi connectivity index (χ1n) is 6.94. The number of nitrogens with zero attached hydrogens (tertiary/aromatic N) is 1. The second kappa shape index (κ2) is 7.02. The van der Waals surface area contributed by atoms with Crippen LogP contribution >= 0.6 is 12.2 Å². The topological polar surface area (TPSA) is 58.7 Å². The lowest BCUT2D eigenvalue weighted by Gasteiger charge is -2.34. The number of rotatable bonds is 7. The van der Waals surface area contributed by atoms with Crippen molar-refractivity contribution in [2.45, 2.75) is 18.9 Å². The van der Waals surface area contributed by atoms with E-state index in [1.54, 1.807) is 0 Å². The highest BCUT2D eigenvalue weighted by atomic mass is 32.1. The molecule has 0 atom stereocenters. The fourth-order valence-corrected chi connectivity index (χ4v) is 2.66. The smallest absolute Gasteiger partial charge is 0.129 e. The van der Waals surface area contributed by atoms with E-state index in [4.69, 9.17) is 22.7 Å². The monoisotopic (exact) mass is 294 g/mol. The second-order valence-corrected chi connectivity index (χ2v) is 5.90. The van der Waals surface area contributed by atoms with Crippen molar-refractivity contribution in [3.63, 3.8) is 0 Å². The third kappa shape index (κ3) is 4.16. The minimum atomic E-state index is -0.0814. The highest BCUT2D eigenvalue weighted by Crippen LogP contribution is 2.27. The van der Waals surface area contributed by atoms with Crippen molar-refractivity contribution in [2.24, 2.45) is 11.7 Å². The van der Waals surface area contributed by atoms with Crippen LogP contribution in [-0.4, -0.2) is 47.8 Å². The number of benzene rings is 1. The Bertz CT molecular complexity index is 461. The Kier molecular flexibility index (Phi) is 5.34. The Balaban J connectivity index is 1.74. The van der Waals surface area contributed by atoms with Crippen LogP contribution in [0.3, 0.4) is 0 Å². The molecule has 1 aromatic rings. The molecule has 0 bridgehead atoms. The molecular formula is C15H22N2O2S. The highest BCUT2D eigenvalue weighted by Gasteiger charge is 2.27. The van der Waals surface area contributed by atoms with Gasteiger partial charge in [0.1, 0.15) is 17.3 Å². The lowest BCUT2D eigenvalue weighted by Crippen LogP contribution is -2.38. The van der Waals surface area contributed by atoms with Gasteiger partial charge in [-0.2, -0.15) is 0 Å². The van der Waals surface area contributed by atoms with E-state index in [2.05, 4.69) is 11.9 Å². The first-order chi connectivity index (χ1) is 9.56. The van der Waals surface area contributed by atoms with Crippen LogP contribution in [0.4, 0.5) is 0 Å². The van der Waals surface area contributed by atoms with Gasteiger partial charge in [0.2, 0.25) is 0 Å². The van der Waals surface area contributed by atoms with Gasteiger partial charge in [-0.15, -0.1) is 0 Å². The number of thiocarbonyl (C=S) groups is 1. The molecule has 0 heterocycles. The van der Waals surface area contributed by atoms with Gasteiger partial charge in [-0.3, -0.25) is 0 Å². The zero-order valence-corrected chi connectivity index (χ0v) is 12.6. The molecular weight excluding hydrogens is 272 g/mol. The van der Waals surface area contributed by atoms with E-state index in [9.17, 15) is 5.11 Å². The number of para-hydroxylation sites is 1. The summed E-state index contributed by atoms with van der Waals surface area (Å²) in [5.74, 6) is 1.37. The Labute approximate surface area is 125 Å². The zero-order valence-electron chi connectivity index (χ0n) is 11.8. The van der Waals surface area contributed by atoms with E-state index < -0.39 is 0 Å². The molecule has 5 heteroatoms. The summed E-state index contributed by atoms with van der Waals surface area (Å²) in [5, 5.41) is 9.27. The summed E-state index contributed by atoms with van der Waals surface area (Å²) in [7, 11) is 2.08. The van der Waals surface area contributed by atoms with Gasteiger partial charge < -0.3 is 20.5 Å². The van der Waals surface area contributed by atoms with E-state index in [1.165, 1.54) is 0 Å². The van der Waals surface area contributed by atoms with Gasteiger partial charge in [-0.25, -0.2) is 0 Å². The first kappa shape index (κ1) is 15.2. The van der Waals surface area contributed by atoms with E-state index in [1.807, 2.05) is 24.3 Å². The largest absolute Gasteiger partial charge is 0.492 e. The van der Waals surface area contributed by atoms with Gasteiger partial charge >= 0.3 is 0 Å². The maximum atomic E-state index is 9.27. The van der Waals surface area contributed by atoms with Gasteiger partial charge in [-0.05, 0) is 37.9 Å². The molecule has 2 rings (SSSR count). The Morgan fingerprint density at radius 1 is 1.45 bits per heavy atom. The summed E-state index contributed by atoms with van der Waals surface area (Å²) in [5.41, 5.74) is 6.45. The van der Waals surface area contributed by atoms with Crippen LogP contribution in [0.25, 0.3) is 0 Å². The summed E-state index contributed by atoms with van der Waals surface area (Å²) in [4.78, 5) is 2.59. The predicted molar refractivity (Wildman–Crippen MR) is 84.1 cm³/mol. The van der Waals surface area contributed by atoms with Crippen LogP contribution in [0.1, 0.15) is 18.4 Å². The van der Waals surface area contributed by atoms with Gasteiger partial charge in [0.25, 0.3) is 0 Å². The SMILES string of the molecule is CN(CCOc1ccccc1C(N)=S)CC1CC(O)C1. The van der Waals surface area contributed by atoms with Gasteiger partial charge in [0.05, 0.1) is 11.7 Å². The molecule has 1 fully saturated rings. The van der Waals surface area contributed by atoms with E-state index in [0.29, 0.717) is 17.5 Å². The lowest BCUT2D eigenvalue weighted by atomic mass is 9.82. The molecule has 1 aliphatic rings. The molecule has 1 aromatic carbocycles. The maximum Gasteiger partial charge on any atom is 0.129 e. The minimum absolute atomic E-state index is 0.0814. The molecule has 0 aromatic heterocycles. The Morgan fingerprint density at radius 3 is 2.80 bits per heavy atom. The second-order valence-electron chi connectivity index (χ2n) is 5.46. The van der Waals surface area contributed by atoms with Crippen molar-refractivity contribution in [2.75, 3.05) is 26.7 Å². The average molecular weight is 294 g/mol. The molecule has 0 amide bonds. The van der Waals surface area contributed by atoms with Crippen LogP contribution in [0.2, 0.25) is 0 Å². The predicted octanol–water partition coefficient (Wildman–Crippen LogP) is 1.40. The van der Waals surface area contributed by atoms with Crippen molar-refractivity contribution in [3.05, 3.63) is 29.8 Å². The van der Waals surface area contributed by atoms with Crippen molar-refractivity contribution in [1.29, 1.82) is 0 Å². The molecule has 0 spiro atoms. The van der Waals surface area contributed by atoms with Crippen molar-refractivity contribution >= 4 is 17.2 Å². The number of hydrogen-bond donors (Lipinski definition) is 2. The maximum absolute atomic E-state index is 9.27. The molecule has 4 nitrogen and oxygen atoms in total. The standard InChI is InChI=1S/C15H22N2O2S/c1-17(10-11-8-12(18)9-11)6-7-19-14-5-3-2-4-13(14)15(16)20/h2-5,11-12,18H,6-10H2,1H3,(H2,16,20). The summed E-state index contributed by atoms with van der Waals surface area (Å²) in [6.45, 7) is 2.46. The van der Waals surface area contributed by atoms with E-state index in [-0.39, 0.29) is 6.10 Å². The number of likely N-dealkylation sites (N-methyl/N-ethyl adjacent to an activating group) is 1. The summed E-state index contributed by atoms with van der Waals surface area (Å²) < 4.78 is 5.76. The van der Waals surface area contributed by atoms with Crippen molar-refractivity contribution in [1.82, 2.24) is 4.90 Å². The quantitative estimate of drug-likeness (QED) is 0.745. The lowest BCUT2D eigenvalue weighted by molar-refractivity contribution is 0.0269. The Hall–Kier alpha value is -1.17. The summed E-state index contributed by atoms with van der Waals surface area (Å²) in [6, 6.07) is 7.57. The van der Waals surface area contributed by atoms with Crippen LogP contribution in [0.5, 0.6) is 5.75 Å². The highest BCUT2D eigenvalue weighted by molar-refractivity contribution is 7.80. The zero-order chi connectivity index (χ0) is 14.5. The molecule has 1 saturated carbocycles. The number of nitrogens with two attached hydrogens (primary N) is 1. The number of aliphatic hydroxyl groups excluding tert-OH is 1. The van der Waals surface area contributed by atoms with Crippen LogP contribution in [-0.2, 0) is 0 Å². The van der Waals surface area contributed by atoms with Crippen molar-refractivity contribution < 1.29 is 9.84 Å². The van der Waals surface area contributed by atoms with Gasteiger partial charge in [-0.1, -0.05) is 24.4 Å². The first-order valence-corrected chi connectivity index (χ1v) is 7.35. The number of hydrogen-bond acceptors (Lipinski definition) is 4. The molecule has 110 valence electrons. The number of ether oxygens (including phenoxy) is 1. The van der Waals surface area contributed by atoms with Crippen LogP contribution < -0.4 is 10.5 Å². The van der Waals surface area contributed by atoms with Crippen LogP contribution in [0, 0.1) is 5.92 Å². The molecule has 0 unspecified atom stereocenters. The fourth-order valence-electron chi connectivity index (χ4n) is 2.49. The normalized spacial score (nSPS) is 21.6. The minimum Gasteiger partial charge on any atom is -0.492 e. The number of aliphatic hydroxyl groups is 1. The fraction of sp³-hybridized carbons (Fsp3) is 0.533. The molecule has 3 N–H and O–H groups in total.